The number of allylic oxidation sites excluding steroid dienone is 1. The maximum atomic E-state index is 12.3. The van der Waals surface area contributed by atoms with E-state index in [9.17, 15) is 4.79 Å². The van der Waals surface area contributed by atoms with Gasteiger partial charge < -0.3 is 14.0 Å². The maximum absolute atomic E-state index is 12.3. The molecular formula is C17H31BO4. The molecule has 1 unspecified atom stereocenters. The first-order valence-electron chi connectivity index (χ1n) is 8.28. The highest BCUT2D eigenvalue weighted by Gasteiger charge is 2.51. The lowest BCUT2D eigenvalue weighted by molar-refractivity contribution is -0.138. The molecule has 0 aromatic heterocycles. The molecule has 1 saturated heterocycles. The summed E-state index contributed by atoms with van der Waals surface area (Å²) in [7, 11) is -0.414. The lowest BCUT2D eigenvalue weighted by Crippen LogP contribution is -2.41. The first-order chi connectivity index (χ1) is 10.1. The maximum Gasteiger partial charge on any atom is 0.462 e. The van der Waals surface area contributed by atoms with Crippen molar-refractivity contribution in [2.24, 2.45) is 5.92 Å². The fourth-order valence-electron chi connectivity index (χ4n) is 2.44. The van der Waals surface area contributed by atoms with E-state index in [4.69, 9.17) is 14.0 Å². The number of rotatable bonds is 6. The van der Waals surface area contributed by atoms with Crippen LogP contribution in [0.15, 0.2) is 11.1 Å². The quantitative estimate of drug-likeness (QED) is 0.422. The molecule has 0 radical (unpaired) electrons. The number of hydrogen-bond donors (Lipinski definition) is 0. The van der Waals surface area contributed by atoms with Crippen LogP contribution in [-0.2, 0) is 18.8 Å². The summed E-state index contributed by atoms with van der Waals surface area (Å²) in [6.45, 7) is 16.5. The van der Waals surface area contributed by atoms with E-state index < -0.39 is 7.12 Å². The molecule has 1 rings (SSSR count). The van der Waals surface area contributed by atoms with Crippen LogP contribution in [0.4, 0.5) is 0 Å². The molecular weight excluding hydrogens is 279 g/mol. The van der Waals surface area contributed by atoms with Gasteiger partial charge in [-0.3, -0.25) is 0 Å². The largest absolute Gasteiger partial charge is 0.463 e. The van der Waals surface area contributed by atoms with Gasteiger partial charge in [-0.1, -0.05) is 19.4 Å². The van der Waals surface area contributed by atoms with Gasteiger partial charge in [-0.05, 0) is 53.9 Å². The molecule has 0 aliphatic carbocycles. The molecule has 0 N–H and O–H groups in total. The Bertz CT molecular complexity index is 424. The zero-order valence-corrected chi connectivity index (χ0v) is 15.4. The van der Waals surface area contributed by atoms with Gasteiger partial charge in [0.25, 0.3) is 0 Å². The highest BCUT2D eigenvalue weighted by molar-refractivity contribution is 6.47. The molecule has 4 nitrogen and oxygen atoms in total. The fraction of sp³-hybridized carbons (Fsp3) is 0.824. The lowest BCUT2D eigenvalue weighted by atomic mass is 9.77. The van der Waals surface area contributed by atoms with Crippen molar-refractivity contribution in [2.75, 3.05) is 6.61 Å². The summed E-state index contributed by atoms with van der Waals surface area (Å²) < 4.78 is 17.3. The third kappa shape index (κ3) is 4.14. The van der Waals surface area contributed by atoms with E-state index in [0.717, 1.165) is 12.0 Å². The summed E-state index contributed by atoms with van der Waals surface area (Å²) in [6.07, 6.45) is 1.42. The lowest BCUT2D eigenvalue weighted by Gasteiger charge is -2.32. The van der Waals surface area contributed by atoms with Crippen LogP contribution in [-0.4, -0.2) is 30.9 Å². The SMILES string of the molecule is CCOC(=O)/C(CB1OC(C)(C)C(C)(C)O1)=C(\C)C(C)CC. The monoisotopic (exact) mass is 310 g/mol. The second-order valence-electron chi connectivity index (χ2n) is 7.08. The van der Waals surface area contributed by atoms with Gasteiger partial charge in [0.05, 0.1) is 17.8 Å². The Hall–Kier alpha value is -0.805. The van der Waals surface area contributed by atoms with E-state index in [-0.39, 0.29) is 17.2 Å². The van der Waals surface area contributed by atoms with E-state index >= 15 is 0 Å². The van der Waals surface area contributed by atoms with Gasteiger partial charge in [-0.25, -0.2) is 4.79 Å². The normalized spacial score (nSPS) is 22.3. The summed E-state index contributed by atoms with van der Waals surface area (Å²) in [4.78, 5) is 12.3. The van der Waals surface area contributed by atoms with E-state index in [1.165, 1.54) is 0 Å². The van der Waals surface area contributed by atoms with Gasteiger partial charge in [-0.15, -0.1) is 0 Å². The van der Waals surface area contributed by atoms with Crippen LogP contribution in [0, 0.1) is 5.92 Å². The average Bonchev–Trinajstić information content (AvgIpc) is 2.62. The van der Waals surface area contributed by atoms with Gasteiger partial charge in [-0.2, -0.15) is 0 Å². The summed E-state index contributed by atoms with van der Waals surface area (Å²) in [6, 6.07) is 0. The fourth-order valence-corrected chi connectivity index (χ4v) is 2.44. The zero-order chi connectivity index (χ0) is 17.1. The minimum Gasteiger partial charge on any atom is -0.463 e. The summed E-state index contributed by atoms with van der Waals surface area (Å²) >= 11 is 0. The molecule has 22 heavy (non-hydrogen) atoms. The van der Waals surface area contributed by atoms with Crippen molar-refractivity contribution in [2.45, 2.75) is 79.3 Å². The minimum atomic E-state index is -0.414. The van der Waals surface area contributed by atoms with Crippen LogP contribution in [0.1, 0.15) is 61.8 Å². The topological polar surface area (TPSA) is 44.8 Å². The third-order valence-electron chi connectivity index (χ3n) is 5.02. The molecule has 0 spiro atoms. The predicted molar refractivity (Wildman–Crippen MR) is 89.7 cm³/mol. The first kappa shape index (κ1) is 19.2. The average molecular weight is 310 g/mol. The van der Waals surface area contributed by atoms with Crippen molar-refractivity contribution in [3.8, 4) is 0 Å². The molecule has 1 aliphatic rings. The molecule has 0 amide bonds. The molecule has 0 saturated carbocycles. The van der Waals surface area contributed by atoms with Crippen molar-refractivity contribution in [1.29, 1.82) is 0 Å². The summed E-state index contributed by atoms with van der Waals surface area (Å²) in [5, 5.41) is 0. The summed E-state index contributed by atoms with van der Waals surface area (Å²) in [5.74, 6) is 0.0804. The van der Waals surface area contributed by atoms with Gasteiger partial charge in [0, 0.05) is 11.9 Å². The number of carbonyl (C=O) groups excluding carboxylic acids is 1. The van der Waals surface area contributed by atoms with Gasteiger partial charge in [0.1, 0.15) is 0 Å². The van der Waals surface area contributed by atoms with Crippen LogP contribution in [0.5, 0.6) is 0 Å². The smallest absolute Gasteiger partial charge is 0.462 e. The van der Waals surface area contributed by atoms with Crippen molar-refractivity contribution < 1.29 is 18.8 Å². The molecule has 0 aromatic rings. The van der Waals surface area contributed by atoms with Crippen molar-refractivity contribution in [1.82, 2.24) is 0 Å². The molecule has 126 valence electrons. The Balaban J connectivity index is 2.99. The Kier molecular flexibility index (Phi) is 6.28. The predicted octanol–water partition coefficient (Wildman–Crippen LogP) is 4.00. The zero-order valence-electron chi connectivity index (χ0n) is 15.4. The first-order valence-corrected chi connectivity index (χ1v) is 8.28. The standard InChI is InChI=1S/C17H31BO4/c1-9-12(3)13(4)14(15(19)20-10-2)11-18-21-16(5,6)17(7,8)22-18/h12H,9-11H2,1-8H3/b14-13+. The number of hydrogen-bond acceptors (Lipinski definition) is 4. The second-order valence-corrected chi connectivity index (χ2v) is 7.08. The van der Waals surface area contributed by atoms with Gasteiger partial charge >= 0.3 is 13.1 Å². The van der Waals surface area contributed by atoms with E-state index in [0.29, 0.717) is 24.4 Å². The second kappa shape index (κ2) is 7.18. The van der Waals surface area contributed by atoms with Crippen LogP contribution < -0.4 is 0 Å². The molecule has 5 heteroatoms. The molecule has 1 atom stereocenters. The third-order valence-corrected chi connectivity index (χ3v) is 5.02. The highest BCUT2D eigenvalue weighted by Crippen LogP contribution is 2.39. The molecule has 1 fully saturated rings. The van der Waals surface area contributed by atoms with Gasteiger partial charge in [0.2, 0.25) is 0 Å². The van der Waals surface area contributed by atoms with Crippen LogP contribution in [0.2, 0.25) is 6.32 Å². The molecule has 1 aliphatic heterocycles. The van der Waals surface area contributed by atoms with Crippen molar-refractivity contribution in [3.05, 3.63) is 11.1 Å². The Labute approximate surface area is 135 Å². The Morgan fingerprint density at radius 1 is 1.14 bits per heavy atom. The summed E-state index contributed by atoms with van der Waals surface area (Å²) in [5.41, 5.74) is 0.981. The number of esters is 1. The van der Waals surface area contributed by atoms with Crippen LogP contribution in [0.3, 0.4) is 0 Å². The molecule has 0 aromatic carbocycles. The van der Waals surface area contributed by atoms with Crippen LogP contribution in [0.25, 0.3) is 0 Å². The van der Waals surface area contributed by atoms with E-state index in [2.05, 4.69) is 13.8 Å². The number of carbonyl (C=O) groups is 1. The molecule has 1 heterocycles. The van der Waals surface area contributed by atoms with E-state index in [1.807, 2.05) is 41.5 Å². The van der Waals surface area contributed by atoms with Crippen molar-refractivity contribution >= 4 is 13.1 Å². The number of ether oxygens (including phenoxy) is 1. The Morgan fingerprint density at radius 3 is 2.05 bits per heavy atom. The Morgan fingerprint density at radius 2 is 1.64 bits per heavy atom. The minimum absolute atomic E-state index is 0.255. The van der Waals surface area contributed by atoms with Crippen LogP contribution >= 0.6 is 0 Å². The van der Waals surface area contributed by atoms with E-state index in [1.54, 1.807) is 0 Å². The highest BCUT2D eigenvalue weighted by atomic mass is 16.7. The van der Waals surface area contributed by atoms with Crippen molar-refractivity contribution in [3.63, 3.8) is 0 Å². The van der Waals surface area contributed by atoms with Gasteiger partial charge in [0.15, 0.2) is 0 Å². The molecule has 0 bridgehead atoms.